The lowest BCUT2D eigenvalue weighted by Gasteiger charge is -2.25. The number of halogens is 1. The van der Waals surface area contributed by atoms with E-state index < -0.39 is 0 Å². The maximum absolute atomic E-state index is 13.5. The standard InChI is InChI=1S/C15H21FN2O/c1-11(9-12-5-2-3-7-14(12)16)15(19)18-13-6-4-8-17-10-13/h2-3,5,7,11,13,17H,4,6,8-10H2,1H3,(H,18,19)/t11?,13-/m0/s1. The van der Waals surface area contributed by atoms with E-state index in [0.717, 1.165) is 25.9 Å². The average molecular weight is 264 g/mol. The number of piperidine rings is 1. The highest BCUT2D eigenvalue weighted by Gasteiger charge is 2.20. The van der Waals surface area contributed by atoms with Crippen LogP contribution in [0.15, 0.2) is 24.3 Å². The molecule has 1 aliphatic rings. The molecule has 0 spiro atoms. The molecule has 2 atom stereocenters. The van der Waals surface area contributed by atoms with Gasteiger partial charge in [0.2, 0.25) is 5.91 Å². The number of benzene rings is 1. The molecule has 1 amide bonds. The van der Waals surface area contributed by atoms with Crippen molar-refractivity contribution in [2.24, 2.45) is 5.92 Å². The minimum Gasteiger partial charge on any atom is -0.352 e. The Hall–Kier alpha value is -1.42. The molecule has 0 aliphatic carbocycles. The largest absolute Gasteiger partial charge is 0.352 e. The van der Waals surface area contributed by atoms with E-state index >= 15 is 0 Å². The highest BCUT2D eigenvalue weighted by atomic mass is 19.1. The molecule has 3 nitrogen and oxygen atoms in total. The third-order valence-corrected chi connectivity index (χ3v) is 3.57. The predicted octanol–water partition coefficient (Wildman–Crippen LogP) is 1.87. The second kappa shape index (κ2) is 6.66. The number of carbonyl (C=O) groups is 1. The first-order chi connectivity index (χ1) is 9.16. The lowest BCUT2D eigenvalue weighted by Crippen LogP contribution is -2.47. The minimum absolute atomic E-state index is 0.0111. The first-order valence-corrected chi connectivity index (χ1v) is 6.91. The van der Waals surface area contributed by atoms with Crippen LogP contribution < -0.4 is 10.6 Å². The van der Waals surface area contributed by atoms with Crippen LogP contribution in [0.2, 0.25) is 0 Å². The summed E-state index contributed by atoms with van der Waals surface area (Å²) in [6.07, 6.45) is 2.55. The Morgan fingerprint density at radius 1 is 1.53 bits per heavy atom. The molecule has 2 N–H and O–H groups in total. The molecule has 1 aromatic rings. The fraction of sp³-hybridized carbons (Fsp3) is 0.533. The summed E-state index contributed by atoms with van der Waals surface area (Å²) in [7, 11) is 0. The van der Waals surface area contributed by atoms with Gasteiger partial charge in [0.05, 0.1) is 0 Å². The van der Waals surface area contributed by atoms with E-state index in [9.17, 15) is 9.18 Å². The van der Waals surface area contributed by atoms with Crippen LogP contribution in [-0.2, 0) is 11.2 Å². The normalized spacial score (nSPS) is 20.8. The van der Waals surface area contributed by atoms with Crippen molar-refractivity contribution in [1.82, 2.24) is 10.6 Å². The zero-order valence-corrected chi connectivity index (χ0v) is 11.3. The third kappa shape index (κ3) is 4.03. The Morgan fingerprint density at radius 2 is 2.32 bits per heavy atom. The molecule has 1 unspecified atom stereocenters. The highest BCUT2D eigenvalue weighted by Crippen LogP contribution is 2.13. The number of rotatable bonds is 4. The van der Waals surface area contributed by atoms with Crippen molar-refractivity contribution in [2.75, 3.05) is 13.1 Å². The highest BCUT2D eigenvalue weighted by molar-refractivity contribution is 5.78. The number of nitrogens with one attached hydrogen (secondary N) is 2. The monoisotopic (exact) mass is 264 g/mol. The summed E-state index contributed by atoms with van der Waals surface area (Å²) >= 11 is 0. The van der Waals surface area contributed by atoms with Crippen LogP contribution >= 0.6 is 0 Å². The van der Waals surface area contributed by atoms with Crippen LogP contribution in [0.4, 0.5) is 4.39 Å². The van der Waals surface area contributed by atoms with Gasteiger partial charge in [0.1, 0.15) is 5.82 Å². The van der Waals surface area contributed by atoms with Crippen LogP contribution in [0.5, 0.6) is 0 Å². The summed E-state index contributed by atoms with van der Waals surface area (Å²) in [5.74, 6) is -0.433. The van der Waals surface area contributed by atoms with E-state index in [4.69, 9.17) is 0 Å². The molecule has 1 saturated heterocycles. The minimum atomic E-state index is -0.235. The van der Waals surface area contributed by atoms with Gasteiger partial charge in [-0.2, -0.15) is 0 Å². The van der Waals surface area contributed by atoms with Crippen molar-refractivity contribution in [3.8, 4) is 0 Å². The SMILES string of the molecule is CC(Cc1ccccc1F)C(=O)N[C@H]1CCCNC1. The van der Waals surface area contributed by atoms with Gasteiger partial charge in [-0.1, -0.05) is 25.1 Å². The number of amides is 1. The van der Waals surface area contributed by atoms with Gasteiger partial charge in [-0.05, 0) is 37.4 Å². The molecule has 1 fully saturated rings. The molecule has 1 heterocycles. The van der Waals surface area contributed by atoms with Crippen LogP contribution in [-0.4, -0.2) is 25.0 Å². The third-order valence-electron chi connectivity index (χ3n) is 3.57. The van der Waals surface area contributed by atoms with Crippen LogP contribution in [0, 0.1) is 11.7 Å². The summed E-state index contributed by atoms with van der Waals surface area (Å²) in [4.78, 5) is 12.1. The van der Waals surface area contributed by atoms with Crippen LogP contribution in [0.25, 0.3) is 0 Å². The van der Waals surface area contributed by atoms with E-state index in [-0.39, 0.29) is 23.7 Å². The van der Waals surface area contributed by atoms with Crippen molar-refractivity contribution in [1.29, 1.82) is 0 Å². The summed E-state index contributed by atoms with van der Waals surface area (Å²) in [5, 5.41) is 6.30. The van der Waals surface area contributed by atoms with Crippen molar-refractivity contribution in [2.45, 2.75) is 32.2 Å². The molecule has 2 rings (SSSR count). The topological polar surface area (TPSA) is 41.1 Å². The molecule has 19 heavy (non-hydrogen) atoms. The smallest absolute Gasteiger partial charge is 0.223 e. The van der Waals surface area contributed by atoms with Gasteiger partial charge in [0.25, 0.3) is 0 Å². The fourth-order valence-electron chi connectivity index (χ4n) is 2.40. The Morgan fingerprint density at radius 3 is 3.00 bits per heavy atom. The quantitative estimate of drug-likeness (QED) is 0.871. The molecule has 0 radical (unpaired) electrons. The maximum Gasteiger partial charge on any atom is 0.223 e. The van der Waals surface area contributed by atoms with Gasteiger partial charge >= 0.3 is 0 Å². The van der Waals surface area contributed by atoms with Crippen molar-refractivity contribution >= 4 is 5.91 Å². The Kier molecular flexibility index (Phi) is 4.91. The molecular formula is C15H21FN2O. The Balaban J connectivity index is 1.87. The van der Waals surface area contributed by atoms with Gasteiger partial charge in [-0.25, -0.2) is 4.39 Å². The molecular weight excluding hydrogens is 243 g/mol. The van der Waals surface area contributed by atoms with Gasteiger partial charge in [-0.15, -0.1) is 0 Å². The van der Waals surface area contributed by atoms with E-state index in [1.807, 2.05) is 6.92 Å². The summed E-state index contributed by atoms with van der Waals surface area (Å²) < 4.78 is 13.5. The number of carbonyl (C=O) groups excluding carboxylic acids is 1. The van der Waals surface area contributed by atoms with Crippen LogP contribution in [0.1, 0.15) is 25.3 Å². The van der Waals surface area contributed by atoms with Gasteiger partial charge in [-0.3, -0.25) is 4.79 Å². The zero-order valence-electron chi connectivity index (χ0n) is 11.3. The first-order valence-electron chi connectivity index (χ1n) is 6.91. The van der Waals surface area contributed by atoms with Crippen molar-refractivity contribution in [3.63, 3.8) is 0 Å². The molecule has 0 bridgehead atoms. The van der Waals surface area contributed by atoms with Gasteiger partial charge < -0.3 is 10.6 Å². The summed E-state index contributed by atoms with van der Waals surface area (Å²) in [6.45, 7) is 3.70. The lowest BCUT2D eigenvalue weighted by molar-refractivity contribution is -0.125. The Labute approximate surface area is 113 Å². The lowest BCUT2D eigenvalue weighted by atomic mass is 9.99. The average Bonchev–Trinajstić information content (AvgIpc) is 2.42. The fourth-order valence-corrected chi connectivity index (χ4v) is 2.40. The molecule has 4 heteroatoms. The molecule has 104 valence electrons. The Bertz CT molecular complexity index is 430. The summed E-state index contributed by atoms with van der Waals surface area (Å²) in [6, 6.07) is 6.85. The number of hydrogen-bond acceptors (Lipinski definition) is 2. The maximum atomic E-state index is 13.5. The summed E-state index contributed by atoms with van der Waals surface area (Å²) in [5.41, 5.74) is 0.604. The van der Waals surface area contributed by atoms with Crippen LogP contribution in [0.3, 0.4) is 0 Å². The van der Waals surface area contributed by atoms with Gasteiger partial charge in [0.15, 0.2) is 0 Å². The predicted molar refractivity (Wildman–Crippen MR) is 73.3 cm³/mol. The number of hydrogen-bond donors (Lipinski definition) is 2. The second-order valence-electron chi connectivity index (χ2n) is 5.25. The van der Waals surface area contributed by atoms with Crippen molar-refractivity contribution < 1.29 is 9.18 Å². The molecule has 0 saturated carbocycles. The van der Waals surface area contributed by atoms with E-state index in [1.165, 1.54) is 6.07 Å². The molecule has 1 aromatic carbocycles. The van der Waals surface area contributed by atoms with E-state index in [1.54, 1.807) is 18.2 Å². The zero-order chi connectivity index (χ0) is 13.7. The molecule has 1 aliphatic heterocycles. The van der Waals surface area contributed by atoms with E-state index in [2.05, 4.69) is 10.6 Å². The van der Waals surface area contributed by atoms with E-state index in [0.29, 0.717) is 12.0 Å². The second-order valence-corrected chi connectivity index (χ2v) is 5.25. The first kappa shape index (κ1) is 14.0. The van der Waals surface area contributed by atoms with Crippen molar-refractivity contribution in [3.05, 3.63) is 35.6 Å². The van der Waals surface area contributed by atoms with Gasteiger partial charge in [0, 0.05) is 18.5 Å². The molecule has 0 aromatic heterocycles.